The zero-order valence-electron chi connectivity index (χ0n) is 9.10. The van der Waals surface area contributed by atoms with Crippen LogP contribution in [0.1, 0.15) is 12.7 Å². The number of carbonyl (C=O) groups is 2. The van der Waals surface area contributed by atoms with Crippen LogP contribution in [0.5, 0.6) is 0 Å². The van der Waals surface area contributed by atoms with Crippen molar-refractivity contribution in [2.75, 3.05) is 0 Å². The highest BCUT2D eigenvalue weighted by molar-refractivity contribution is 5.81. The molecule has 0 radical (unpaired) electrons. The maximum Gasteiger partial charge on any atom is 0.325 e. The van der Waals surface area contributed by atoms with E-state index in [2.05, 4.69) is 15.6 Å². The van der Waals surface area contributed by atoms with E-state index in [1.54, 1.807) is 17.0 Å². The SMILES string of the molecule is C[C@@H](NC(=O)NCc1nccn1C)C(=O)O. The van der Waals surface area contributed by atoms with E-state index in [9.17, 15) is 9.59 Å². The Kier molecular flexibility index (Phi) is 3.87. The Morgan fingerprint density at radius 3 is 2.81 bits per heavy atom. The molecule has 16 heavy (non-hydrogen) atoms. The van der Waals surface area contributed by atoms with Crippen molar-refractivity contribution in [3.8, 4) is 0 Å². The van der Waals surface area contributed by atoms with Crippen LogP contribution >= 0.6 is 0 Å². The van der Waals surface area contributed by atoms with Crippen molar-refractivity contribution in [2.24, 2.45) is 7.05 Å². The molecule has 2 amide bonds. The van der Waals surface area contributed by atoms with Crippen LogP contribution in [0, 0.1) is 0 Å². The second-order valence-corrected chi connectivity index (χ2v) is 3.34. The number of carboxylic acid groups (broad SMARTS) is 1. The number of rotatable bonds is 4. The van der Waals surface area contributed by atoms with E-state index in [0.717, 1.165) is 0 Å². The van der Waals surface area contributed by atoms with Gasteiger partial charge in [0, 0.05) is 19.4 Å². The number of aryl methyl sites for hydroxylation is 1. The molecule has 0 fully saturated rings. The van der Waals surface area contributed by atoms with Crippen LogP contribution in [0.3, 0.4) is 0 Å². The maximum atomic E-state index is 11.2. The molecule has 1 aromatic rings. The molecule has 0 saturated heterocycles. The Labute approximate surface area is 92.5 Å². The van der Waals surface area contributed by atoms with Crippen LogP contribution in [0.25, 0.3) is 0 Å². The van der Waals surface area contributed by atoms with E-state index < -0.39 is 18.0 Å². The molecule has 0 aliphatic heterocycles. The molecule has 1 aromatic heterocycles. The fourth-order valence-corrected chi connectivity index (χ4v) is 1.04. The van der Waals surface area contributed by atoms with E-state index in [1.165, 1.54) is 6.92 Å². The Morgan fingerprint density at radius 2 is 2.31 bits per heavy atom. The van der Waals surface area contributed by atoms with Crippen molar-refractivity contribution < 1.29 is 14.7 Å². The van der Waals surface area contributed by atoms with Gasteiger partial charge < -0.3 is 20.3 Å². The van der Waals surface area contributed by atoms with Crippen LogP contribution in [0.4, 0.5) is 4.79 Å². The van der Waals surface area contributed by atoms with Crippen molar-refractivity contribution >= 4 is 12.0 Å². The number of nitrogens with zero attached hydrogens (tertiary/aromatic N) is 2. The van der Waals surface area contributed by atoms with Gasteiger partial charge in [-0.2, -0.15) is 0 Å². The number of carboxylic acids is 1. The van der Waals surface area contributed by atoms with Gasteiger partial charge in [-0.25, -0.2) is 9.78 Å². The second kappa shape index (κ2) is 5.15. The van der Waals surface area contributed by atoms with Gasteiger partial charge in [-0.3, -0.25) is 4.79 Å². The Bertz CT molecular complexity index is 388. The molecular formula is C9H14N4O3. The highest BCUT2D eigenvalue weighted by atomic mass is 16.4. The molecule has 0 saturated carbocycles. The quantitative estimate of drug-likeness (QED) is 0.656. The van der Waals surface area contributed by atoms with Crippen molar-refractivity contribution in [3.05, 3.63) is 18.2 Å². The first-order chi connectivity index (χ1) is 7.50. The summed E-state index contributed by atoms with van der Waals surface area (Å²) < 4.78 is 1.76. The van der Waals surface area contributed by atoms with Gasteiger partial charge in [-0.05, 0) is 6.92 Å². The molecular weight excluding hydrogens is 212 g/mol. The average molecular weight is 226 g/mol. The standard InChI is InChI=1S/C9H14N4O3/c1-6(8(14)15)12-9(16)11-5-7-10-3-4-13(7)2/h3-4,6H,5H2,1-2H3,(H,14,15)(H2,11,12,16)/t6-/m1/s1. The zero-order chi connectivity index (χ0) is 12.1. The highest BCUT2D eigenvalue weighted by Crippen LogP contribution is 1.92. The van der Waals surface area contributed by atoms with Gasteiger partial charge in [-0.1, -0.05) is 0 Å². The number of hydrogen-bond donors (Lipinski definition) is 3. The van der Waals surface area contributed by atoms with Crippen LogP contribution in [-0.2, 0) is 18.4 Å². The number of aromatic nitrogens is 2. The molecule has 88 valence electrons. The fourth-order valence-electron chi connectivity index (χ4n) is 1.04. The number of nitrogens with one attached hydrogen (secondary N) is 2. The minimum Gasteiger partial charge on any atom is -0.480 e. The van der Waals surface area contributed by atoms with Crippen molar-refractivity contribution in [1.82, 2.24) is 20.2 Å². The van der Waals surface area contributed by atoms with Gasteiger partial charge in [0.1, 0.15) is 11.9 Å². The summed E-state index contributed by atoms with van der Waals surface area (Å²) in [4.78, 5) is 25.7. The average Bonchev–Trinajstić information content (AvgIpc) is 2.61. The number of imidazole rings is 1. The van der Waals surface area contributed by atoms with Crippen molar-refractivity contribution in [1.29, 1.82) is 0 Å². The number of carbonyl (C=O) groups excluding carboxylic acids is 1. The molecule has 0 spiro atoms. The van der Waals surface area contributed by atoms with Crippen LogP contribution in [0.2, 0.25) is 0 Å². The van der Waals surface area contributed by atoms with E-state index >= 15 is 0 Å². The Morgan fingerprint density at radius 1 is 1.62 bits per heavy atom. The molecule has 0 aliphatic carbocycles. The summed E-state index contributed by atoms with van der Waals surface area (Å²) in [5.41, 5.74) is 0. The molecule has 7 nitrogen and oxygen atoms in total. The lowest BCUT2D eigenvalue weighted by Gasteiger charge is -2.10. The minimum atomic E-state index is -1.08. The summed E-state index contributed by atoms with van der Waals surface area (Å²) in [6, 6.07) is -1.45. The van der Waals surface area contributed by atoms with Crippen LogP contribution < -0.4 is 10.6 Å². The first-order valence-electron chi connectivity index (χ1n) is 4.74. The third kappa shape index (κ3) is 3.26. The van der Waals surface area contributed by atoms with E-state index in [4.69, 9.17) is 5.11 Å². The molecule has 3 N–H and O–H groups in total. The lowest BCUT2D eigenvalue weighted by atomic mass is 10.3. The van der Waals surface area contributed by atoms with E-state index in [1.807, 2.05) is 7.05 Å². The molecule has 0 unspecified atom stereocenters. The van der Waals surface area contributed by atoms with Crippen LogP contribution in [0.15, 0.2) is 12.4 Å². The summed E-state index contributed by atoms with van der Waals surface area (Å²) in [5.74, 6) is -0.384. The largest absolute Gasteiger partial charge is 0.480 e. The predicted octanol–water partition coefficient (Wildman–Crippen LogP) is -0.308. The molecule has 1 rings (SSSR count). The predicted molar refractivity (Wildman–Crippen MR) is 55.7 cm³/mol. The molecule has 0 aromatic carbocycles. The Balaban J connectivity index is 2.36. The number of amides is 2. The van der Waals surface area contributed by atoms with Gasteiger partial charge in [0.15, 0.2) is 0 Å². The first kappa shape index (κ1) is 12.0. The van der Waals surface area contributed by atoms with Crippen molar-refractivity contribution in [2.45, 2.75) is 19.5 Å². The van der Waals surface area contributed by atoms with E-state index in [0.29, 0.717) is 5.82 Å². The maximum absolute atomic E-state index is 11.2. The third-order valence-electron chi connectivity index (χ3n) is 2.05. The van der Waals surface area contributed by atoms with Crippen LogP contribution in [-0.4, -0.2) is 32.7 Å². The summed E-state index contributed by atoms with van der Waals surface area (Å²) >= 11 is 0. The summed E-state index contributed by atoms with van der Waals surface area (Å²) in [6.07, 6.45) is 3.38. The Hall–Kier alpha value is -2.05. The van der Waals surface area contributed by atoms with Gasteiger partial charge in [0.25, 0.3) is 0 Å². The number of aliphatic carboxylic acids is 1. The van der Waals surface area contributed by atoms with Gasteiger partial charge in [0.05, 0.1) is 6.54 Å². The molecule has 0 aliphatic rings. The molecule has 1 heterocycles. The summed E-state index contributed by atoms with van der Waals surface area (Å²) in [6.45, 7) is 1.64. The van der Waals surface area contributed by atoms with Gasteiger partial charge in [-0.15, -0.1) is 0 Å². The smallest absolute Gasteiger partial charge is 0.325 e. The van der Waals surface area contributed by atoms with E-state index in [-0.39, 0.29) is 6.54 Å². The summed E-state index contributed by atoms with van der Waals surface area (Å²) in [7, 11) is 1.81. The second-order valence-electron chi connectivity index (χ2n) is 3.34. The van der Waals surface area contributed by atoms with Gasteiger partial charge in [0.2, 0.25) is 0 Å². The monoisotopic (exact) mass is 226 g/mol. The van der Waals surface area contributed by atoms with Crippen molar-refractivity contribution in [3.63, 3.8) is 0 Å². The molecule has 7 heteroatoms. The topological polar surface area (TPSA) is 96.3 Å². The minimum absolute atomic E-state index is 0.252. The fraction of sp³-hybridized carbons (Fsp3) is 0.444. The third-order valence-corrected chi connectivity index (χ3v) is 2.05. The summed E-state index contributed by atoms with van der Waals surface area (Å²) in [5, 5.41) is 13.4. The lowest BCUT2D eigenvalue weighted by Crippen LogP contribution is -2.44. The molecule has 0 bridgehead atoms. The molecule has 1 atom stereocenters. The highest BCUT2D eigenvalue weighted by Gasteiger charge is 2.13. The normalized spacial score (nSPS) is 11.9. The number of hydrogen-bond acceptors (Lipinski definition) is 3. The zero-order valence-corrected chi connectivity index (χ0v) is 9.10. The lowest BCUT2D eigenvalue weighted by molar-refractivity contribution is -0.138. The number of urea groups is 1. The first-order valence-corrected chi connectivity index (χ1v) is 4.74. The van der Waals surface area contributed by atoms with Gasteiger partial charge >= 0.3 is 12.0 Å².